The smallest absolute Gasteiger partial charge is 0.348 e. The average molecular weight is 585 g/mol. The van der Waals surface area contributed by atoms with Crippen LogP contribution in [0.5, 0.6) is 0 Å². The van der Waals surface area contributed by atoms with Crippen LogP contribution in [0, 0.1) is 12.7 Å². The number of furan rings is 1. The van der Waals surface area contributed by atoms with Crippen LogP contribution in [0.3, 0.4) is 0 Å². The summed E-state index contributed by atoms with van der Waals surface area (Å²) in [6, 6.07) is 20.0. The third-order valence-electron chi connectivity index (χ3n) is 5.36. The lowest BCUT2D eigenvalue weighted by molar-refractivity contribution is -0.0980. The molecule has 2 aromatic carbocycles. The Labute approximate surface area is 241 Å². The highest BCUT2D eigenvalue weighted by molar-refractivity contribution is 7.18. The number of halogens is 2. The van der Waals surface area contributed by atoms with Crippen molar-refractivity contribution in [3.05, 3.63) is 94.2 Å². The highest BCUT2D eigenvalue weighted by Gasteiger charge is 2.15. The fourth-order valence-corrected chi connectivity index (χ4v) is 4.42. The molecule has 0 aliphatic carbocycles. The number of hydrogen-bond acceptors (Lipinski definition) is 7. The summed E-state index contributed by atoms with van der Waals surface area (Å²) < 4.78 is 22.9. The minimum absolute atomic E-state index is 0.248. The van der Waals surface area contributed by atoms with Gasteiger partial charge in [-0.2, -0.15) is 0 Å². The van der Waals surface area contributed by atoms with E-state index in [4.69, 9.17) is 20.8 Å². The van der Waals surface area contributed by atoms with Crippen LogP contribution >= 0.6 is 22.9 Å². The van der Waals surface area contributed by atoms with Crippen molar-refractivity contribution in [3.63, 3.8) is 0 Å². The van der Waals surface area contributed by atoms with Crippen LogP contribution in [-0.4, -0.2) is 43.6 Å². The molecule has 0 radical (unpaired) electrons. The number of carbonyl (C=O) groups excluding carboxylic acids is 1. The average Bonchev–Trinajstić information content (AvgIpc) is 3.62. The Morgan fingerprint density at radius 3 is 2.27 bits per heavy atom. The molecule has 7 nitrogen and oxygen atoms in total. The van der Waals surface area contributed by atoms with Gasteiger partial charge in [-0.15, -0.1) is 11.3 Å². The molecule has 40 heavy (non-hydrogen) atoms. The Balaban J connectivity index is 0.000000310. The third kappa shape index (κ3) is 8.74. The molecule has 0 saturated carbocycles. The molecule has 0 bridgehead atoms. The fourth-order valence-electron chi connectivity index (χ4n) is 3.26. The minimum atomic E-state index is -0.924. The number of nitrogens with zero attached hydrogens (tertiary/aromatic N) is 1. The summed E-state index contributed by atoms with van der Waals surface area (Å²) in [7, 11) is 3.40. The molecule has 0 saturated heterocycles. The molecule has 210 valence electrons. The Kier molecular flexibility index (Phi) is 13.0. The van der Waals surface area contributed by atoms with Crippen LogP contribution in [-0.2, 0) is 9.53 Å². The van der Waals surface area contributed by atoms with Crippen molar-refractivity contribution in [3.8, 4) is 21.8 Å². The molecule has 0 spiro atoms. The summed E-state index contributed by atoms with van der Waals surface area (Å²) in [5.41, 5.74) is 4.74. The number of carboxylic acids is 1. The van der Waals surface area contributed by atoms with E-state index in [-0.39, 0.29) is 5.82 Å². The molecule has 3 heterocycles. The first kappa shape index (κ1) is 32.2. The molecule has 10 heteroatoms. The summed E-state index contributed by atoms with van der Waals surface area (Å²) >= 11 is 6.73. The number of aromatic carboxylic acids is 1. The number of fused-ring (bicyclic) bond motifs is 1. The van der Waals surface area contributed by atoms with Crippen molar-refractivity contribution in [2.45, 2.75) is 13.8 Å². The fraction of sp³-hybridized carbons (Fsp3) is 0.167. The lowest BCUT2D eigenvalue weighted by atomic mass is 10.1. The zero-order valence-electron chi connectivity index (χ0n) is 22.5. The normalized spacial score (nSPS) is 9.85. The maximum atomic E-state index is 12.5. The zero-order chi connectivity index (χ0) is 29.7. The summed E-state index contributed by atoms with van der Waals surface area (Å²) in [4.78, 5) is 24.8. The first-order valence-corrected chi connectivity index (χ1v) is 13.2. The molecule has 0 atom stereocenters. The number of rotatable bonds is 5. The number of aryl methyl sites for hydroxylation is 1. The van der Waals surface area contributed by atoms with Crippen molar-refractivity contribution in [2.75, 3.05) is 26.1 Å². The second kappa shape index (κ2) is 16.1. The number of ether oxygens (including phenoxy) is 1. The van der Waals surface area contributed by atoms with E-state index in [1.807, 2.05) is 62.2 Å². The van der Waals surface area contributed by atoms with Crippen molar-refractivity contribution in [1.29, 1.82) is 0 Å². The van der Waals surface area contributed by atoms with Gasteiger partial charge in [-0.3, -0.25) is 4.98 Å². The van der Waals surface area contributed by atoms with Crippen LogP contribution in [0.1, 0.15) is 22.2 Å². The number of hydrogen-bond donors (Lipinski definition) is 2. The maximum absolute atomic E-state index is 12.5. The van der Waals surface area contributed by atoms with Gasteiger partial charge in [0.2, 0.25) is 0 Å². The van der Waals surface area contributed by atoms with Gasteiger partial charge in [0.05, 0.1) is 5.69 Å². The van der Waals surface area contributed by atoms with Crippen LogP contribution in [0.2, 0.25) is 5.02 Å². The molecular weight excluding hydrogens is 555 g/mol. The number of nitrogens with one attached hydrogen (secondary N) is 1. The van der Waals surface area contributed by atoms with Crippen LogP contribution in [0.15, 0.2) is 77.3 Å². The van der Waals surface area contributed by atoms with Crippen LogP contribution < -0.4 is 5.32 Å². The molecule has 5 aromatic rings. The van der Waals surface area contributed by atoms with Gasteiger partial charge in [-0.25, -0.2) is 9.18 Å². The van der Waals surface area contributed by atoms with Crippen molar-refractivity contribution < 1.29 is 28.2 Å². The van der Waals surface area contributed by atoms with E-state index < -0.39 is 5.97 Å². The SMILES string of the molecule is C=O.CCOC.CNc1cc(-c2ccc(-c3cc4ncccc4o3)cc2)sc1C(=O)O.Cc1ccc(Cl)cc1F. The molecule has 0 aliphatic rings. The van der Waals surface area contributed by atoms with E-state index in [1.165, 1.54) is 17.4 Å². The third-order valence-corrected chi connectivity index (χ3v) is 6.77. The second-order valence-electron chi connectivity index (χ2n) is 7.95. The minimum Gasteiger partial charge on any atom is -0.477 e. The number of carbonyl (C=O) groups is 2. The lowest BCUT2D eigenvalue weighted by Gasteiger charge is -2.00. The van der Waals surface area contributed by atoms with Crippen LogP contribution in [0.25, 0.3) is 32.9 Å². The van der Waals surface area contributed by atoms with Gasteiger partial charge in [-0.05, 0) is 55.3 Å². The van der Waals surface area contributed by atoms with E-state index in [0.717, 1.165) is 39.5 Å². The lowest BCUT2D eigenvalue weighted by Crippen LogP contribution is -1.97. The number of anilines is 1. The largest absolute Gasteiger partial charge is 0.477 e. The Morgan fingerprint density at radius 2 is 1.77 bits per heavy atom. The van der Waals surface area contributed by atoms with Crippen molar-refractivity contribution in [2.24, 2.45) is 0 Å². The van der Waals surface area contributed by atoms with Gasteiger partial charge < -0.3 is 24.4 Å². The molecule has 3 aromatic heterocycles. The number of benzene rings is 2. The molecule has 0 fully saturated rings. The van der Waals surface area contributed by atoms with Crippen LogP contribution in [0.4, 0.5) is 10.1 Å². The van der Waals surface area contributed by atoms with E-state index in [9.17, 15) is 14.3 Å². The second-order valence-corrected chi connectivity index (χ2v) is 9.44. The molecule has 0 amide bonds. The first-order valence-electron chi connectivity index (χ1n) is 12.0. The zero-order valence-corrected chi connectivity index (χ0v) is 24.1. The maximum Gasteiger partial charge on any atom is 0.348 e. The van der Waals surface area contributed by atoms with Crippen molar-refractivity contribution >= 4 is 52.5 Å². The van der Waals surface area contributed by atoms with Crippen molar-refractivity contribution in [1.82, 2.24) is 4.98 Å². The van der Waals surface area contributed by atoms with Gasteiger partial charge in [0.25, 0.3) is 0 Å². The summed E-state index contributed by atoms with van der Waals surface area (Å²) in [6.45, 7) is 6.48. The molecular formula is C30H30ClFN2O5S. The van der Waals surface area contributed by atoms with Gasteiger partial charge >= 0.3 is 5.97 Å². The number of aromatic nitrogens is 1. The van der Waals surface area contributed by atoms with Gasteiger partial charge in [-0.1, -0.05) is 41.9 Å². The Bertz CT molecular complexity index is 1480. The standard InChI is InChI=1S/C19H14N2O3S.C7H6ClF.C3H8O.CH2O/c1-20-14-10-17(25-18(14)19(22)23)12-6-4-11(5-7-12)16-9-13-15(24-16)3-2-8-21-13;1-5-2-3-6(8)4-7(5)9;1-3-4-2;1-2/h2-10,20H,1H3,(H,22,23);2-4H,1H3;3H2,1-2H3;1H2. The van der Waals surface area contributed by atoms with E-state index in [0.29, 0.717) is 21.2 Å². The Morgan fingerprint density at radius 1 is 1.12 bits per heavy atom. The molecule has 0 aliphatic heterocycles. The highest BCUT2D eigenvalue weighted by atomic mass is 35.5. The first-order chi connectivity index (χ1) is 19.3. The van der Waals surface area contributed by atoms with E-state index >= 15 is 0 Å². The molecule has 2 N–H and O–H groups in total. The van der Waals surface area contributed by atoms with Gasteiger partial charge in [0, 0.05) is 48.5 Å². The quantitative estimate of drug-likeness (QED) is 0.214. The van der Waals surface area contributed by atoms with Gasteiger partial charge in [0.1, 0.15) is 28.8 Å². The molecule has 5 rings (SSSR count). The summed E-state index contributed by atoms with van der Waals surface area (Å²) in [6.07, 6.45) is 1.74. The van der Waals surface area contributed by atoms with Gasteiger partial charge in [0.15, 0.2) is 5.58 Å². The Hall–Kier alpha value is -4.05. The highest BCUT2D eigenvalue weighted by Crippen LogP contribution is 2.36. The predicted molar refractivity (Wildman–Crippen MR) is 160 cm³/mol. The predicted octanol–water partition coefficient (Wildman–Crippen LogP) is 8.22. The number of pyridine rings is 1. The monoisotopic (exact) mass is 584 g/mol. The number of thiophene rings is 1. The van der Waals surface area contributed by atoms with E-state index in [1.54, 1.807) is 39.4 Å². The molecule has 0 unspecified atom stereocenters. The summed E-state index contributed by atoms with van der Waals surface area (Å²) in [5.74, 6) is -0.414. The summed E-state index contributed by atoms with van der Waals surface area (Å²) in [5, 5.41) is 12.6. The number of carboxylic acid groups (broad SMARTS) is 1. The number of methoxy groups -OCH3 is 1. The van der Waals surface area contributed by atoms with E-state index in [2.05, 4.69) is 15.0 Å². The topological polar surface area (TPSA) is 102 Å².